The molecule has 1 N–H and O–H groups in total. The Morgan fingerprint density at radius 1 is 1.12 bits per heavy atom. The molecule has 2 aliphatic rings. The number of rotatable bonds is 0. The van der Waals surface area contributed by atoms with Gasteiger partial charge in [0, 0.05) is 35.5 Å². The van der Waals surface area contributed by atoms with Crippen molar-refractivity contribution in [3.8, 4) is 0 Å². The summed E-state index contributed by atoms with van der Waals surface area (Å²) in [5, 5.41) is 4.00. The zero-order chi connectivity index (χ0) is 12.1. The van der Waals surface area contributed by atoms with Gasteiger partial charge in [0.05, 0.1) is 0 Å². The van der Waals surface area contributed by atoms with Crippen LogP contribution in [0.1, 0.15) is 31.2 Å². The summed E-state index contributed by atoms with van der Waals surface area (Å²) < 4.78 is 26.5. The number of anilines is 1. The average molecular weight is 258 g/mol. The summed E-state index contributed by atoms with van der Waals surface area (Å²) in [7, 11) is 0. The third kappa shape index (κ3) is 1.81. The zero-order valence-electron chi connectivity index (χ0n) is 9.40. The van der Waals surface area contributed by atoms with Crippen molar-refractivity contribution in [3.63, 3.8) is 0 Å². The Labute approximate surface area is 104 Å². The second kappa shape index (κ2) is 3.58. The van der Waals surface area contributed by atoms with E-state index in [1.807, 2.05) is 18.2 Å². The van der Waals surface area contributed by atoms with Gasteiger partial charge >= 0.3 is 0 Å². The Morgan fingerprint density at radius 2 is 1.82 bits per heavy atom. The second-order valence-corrected chi connectivity index (χ2v) is 5.62. The topological polar surface area (TPSA) is 12.0 Å². The standard InChI is InChI=1S/C13H14ClF2N/c14-9-1-2-11-10(7-9)12(8-17-11)3-5-13(15,16)6-4-12/h1-2,7,17H,3-6,8H2. The van der Waals surface area contributed by atoms with Crippen LogP contribution in [-0.4, -0.2) is 12.5 Å². The molecule has 0 saturated heterocycles. The molecule has 17 heavy (non-hydrogen) atoms. The molecule has 1 fully saturated rings. The lowest BCUT2D eigenvalue weighted by atomic mass is 9.70. The maximum Gasteiger partial charge on any atom is 0.248 e. The molecule has 1 aliphatic carbocycles. The van der Waals surface area contributed by atoms with Crippen molar-refractivity contribution in [3.05, 3.63) is 28.8 Å². The molecule has 1 aliphatic heterocycles. The molecule has 1 saturated carbocycles. The number of alkyl halides is 2. The summed E-state index contributed by atoms with van der Waals surface area (Å²) in [5.74, 6) is -2.48. The Hall–Kier alpha value is -0.830. The normalized spacial score (nSPS) is 24.4. The van der Waals surface area contributed by atoms with Crippen LogP contribution >= 0.6 is 11.6 Å². The van der Waals surface area contributed by atoms with E-state index in [2.05, 4.69) is 5.32 Å². The highest BCUT2D eigenvalue weighted by Gasteiger charge is 2.47. The molecule has 1 aromatic rings. The molecule has 3 rings (SSSR count). The first-order valence-electron chi connectivity index (χ1n) is 5.93. The van der Waals surface area contributed by atoms with Gasteiger partial charge in [-0.2, -0.15) is 0 Å². The van der Waals surface area contributed by atoms with Crippen LogP contribution in [0.4, 0.5) is 14.5 Å². The van der Waals surface area contributed by atoms with E-state index in [9.17, 15) is 8.78 Å². The van der Waals surface area contributed by atoms with E-state index in [-0.39, 0.29) is 18.3 Å². The molecule has 1 nitrogen and oxygen atoms in total. The number of nitrogens with one attached hydrogen (secondary N) is 1. The molecule has 0 aromatic heterocycles. The first kappa shape index (κ1) is 11.3. The summed E-state index contributed by atoms with van der Waals surface area (Å²) >= 11 is 6.01. The third-order valence-electron chi connectivity index (χ3n) is 4.11. The van der Waals surface area contributed by atoms with Gasteiger partial charge in [0.2, 0.25) is 5.92 Å². The highest BCUT2D eigenvalue weighted by molar-refractivity contribution is 6.30. The maximum atomic E-state index is 13.2. The Bertz CT molecular complexity index is 449. The van der Waals surface area contributed by atoms with Crippen molar-refractivity contribution >= 4 is 17.3 Å². The minimum Gasteiger partial charge on any atom is -0.384 e. The first-order chi connectivity index (χ1) is 8.01. The molecule has 0 amide bonds. The van der Waals surface area contributed by atoms with Gasteiger partial charge in [-0.15, -0.1) is 0 Å². The largest absolute Gasteiger partial charge is 0.384 e. The van der Waals surface area contributed by atoms with Crippen LogP contribution in [-0.2, 0) is 5.41 Å². The molecular formula is C13H14ClF2N. The predicted molar refractivity (Wildman–Crippen MR) is 65.0 cm³/mol. The molecule has 1 aromatic carbocycles. The van der Waals surface area contributed by atoms with E-state index >= 15 is 0 Å². The lowest BCUT2D eigenvalue weighted by Gasteiger charge is -2.37. The van der Waals surface area contributed by atoms with Gasteiger partial charge in [-0.25, -0.2) is 8.78 Å². The minimum atomic E-state index is -2.48. The Kier molecular flexibility index (Phi) is 2.37. The van der Waals surface area contributed by atoms with E-state index in [1.54, 1.807) is 0 Å². The highest BCUT2D eigenvalue weighted by Crippen LogP contribution is 2.50. The van der Waals surface area contributed by atoms with Gasteiger partial charge in [0.1, 0.15) is 0 Å². The summed E-state index contributed by atoms with van der Waals surface area (Å²) in [5.41, 5.74) is 2.06. The fraction of sp³-hybridized carbons (Fsp3) is 0.538. The van der Waals surface area contributed by atoms with E-state index in [0.29, 0.717) is 17.9 Å². The van der Waals surface area contributed by atoms with E-state index < -0.39 is 5.92 Å². The molecule has 0 bridgehead atoms. The van der Waals surface area contributed by atoms with Gasteiger partial charge in [-0.05, 0) is 36.6 Å². The number of benzene rings is 1. The molecule has 0 unspecified atom stereocenters. The van der Waals surface area contributed by atoms with Crippen LogP contribution < -0.4 is 5.32 Å². The summed E-state index contributed by atoms with van der Waals surface area (Å²) in [4.78, 5) is 0. The summed E-state index contributed by atoms with van der Waals surface area (Å²) in [6.07, 6.45) is 1.06. The second-order valence-electron chi connectivity index (χ2n) is 5.18. The lowest BCUT2D eigenvalue weighted by molar-refractivity contribution is -0.0496. The van der Waals surface area contributed by atoms with E-state index in [4.69, 9.17) is 11.6 Å². The Morgan fingerprint density at radius 3 is 2.53 bits per heavy atom. The summed E-state index contributed by atoms with van der Waals surface area (Å²) in [6.45, 7) is 0.763. The van der Waals surface area contributed by atoms with Crippen LogP contribution in [0.25, 0.3) is 0 Å². The first-order valence-corrected chi connectivity index (χ1v) is 6.30. The quantitative estimate of drug-likeness (QED) is 0.734. The lowest BCUT2D eigenvalue weighted by Crippen LogP contribution is -2.37. The van der Waals surface area contributed by atoms with Crippen molar-refractivity contribution in [1.29, 1.82) is 0 Å². The smallest absolute Gasteiger partial charge is 0.248 e. The van der Waals surface area contributed by atoms with Gasteiger partial charge < -0.3 is 5.32 Å². The van der Waals surface area contributed by atoms with Crippen molar-refractivity contribution in [2.45, 2.75) is 37.0 Å². The maximum absolute atomic E-state index is 13.2. The van der Waals surface area contributed by atoms with E-state index in [1.165, 1.54) is 0 Å². The number of hydrogen-bond donors (Lipinski definition) is 1. The molecule has 0 radical (unpaired) electrons. The molecule has 4 heteroatoms. The number of fused-ring (bicyclic) bond motifs is 2. The van der Waals surface area contributed by atoms with Crippen molar-refractivity contribution in [2.24, 2.45) is 0 Å². The van der Waals surface area contributed by atoms with Crippen LogP contribution in [0.5, 0.6) is 0 Å². The summed E-state index contributed by atoms with van der Waals surface area (Å²) in [6, 6.07) is 5.71. The SMILES string of the molecule is FC1(F)CCC2(CC1)CNc1ccc(Cl)cc12. The van der Waals surface area contributed by atoms with Crippen molar-refractivity contribution < 1.29 is 8.78 Å². The van der Waals surface area contributed by atoms with Gasteiger partial charge in [-0.3, -0.25) is 0 Å². The van der Waals surface area contributed by atoms with Gasteiger partial charge in [-0.1, -0.05) is 11.6 Å². The number of halogens is 3. The predicted octanol–water partition coefficient (Wildman–Crippen LogP) is 4.21. The van der Waals surface area contributed by atoms with Crippen LogP contribution in [0.3, 0.4) is 0 Å². The van der Waals surface area contributed by atoms with Crippen LogP contribution in [0, 0.1) is 0 Å². The Balaban J connectivity index is 1.95. The minimum absolute atomic E-state index is 0.0133. The number of hydrogen-bond acceptors (Lipinski definition) is 1. The van der Waals surface area contributed by atoms with Gasteiger partial charge in [0.15, 0.2) is 0 Å². The molecular weight excluding hydrogens is 244 g/mol. The highest BCUT2D eigenvalue weighted by atomic mass is 35.5. The van der Waals surface area contributed by atoms with Crippen molar-refractivity contribution in [1.82, 2.24) is 0 Å². The zero-order valence-corrected chi connectivity index (χ0v) is 10.2. The molecule has 0 atom stereocenters. The van der Waals surface area contributed by atoms with Crippen molar-refractivity contribution in [2.75, 3.05) is 11.9 Å². The van der Waals surface area contributed by atoms with Gasteiger partial charge in [0.25, 0.3) is 0 Å². The fourth-order valence-electron chi connectivity index (χ4n) is 3.01. The average Bonchev–Trinajstić information content (AvgIpc) is 2.63. The molecule has 1 spiro atoms. The third-order valence-corrected chi connectivity index (χ3v) is 4.34. The molecule has 1 heterocycles. The fourth-order valence-corrected chi connectivity index (χ4v) is 3.18. The van der Waals surface area contributed by atoms with Crippen LogP contribution in [0.2, 0.25) is 5.02 Å². The molecule has 92 valence electrons. The van der Waals surface area contributed by atoms with Crippen LogP contribution in [0.15, 0.2) is 18.2 Å². The monoisotopic (exact) mass is 257 g/mol. The van der Waals surface area contributed by atoms with E-state index in [0.717, 1.165) is 17.8 Å².